The predicted octanol–water partition coefficient (Wildman–Crippen LogP) is 4.13. The molecule has 0 saturated carbocycles. The summed E-state index contributed by atoms with van der Waals surface area (Å²) < 4.78 is 17.3. The van der Waals surface area contributed by atoms with Crippen molar-refractivity contribution in [3.8, 4) is 11.4 Å². The van der Waals surface area contributed by atoms with E-state index in [-0.39, 0.29) is 36.2 Å². The maximum atomic E-state index is 6.11. The number of likely N-dealkylation sites (tertiary alicyclic amines) is 1. The Morgan fingerprint density at radius 2 is 2.00 bits per heavy atom. The van der Waals surface area contributed by atoms with Gasteiger partial charge in [-0.15, -0.1) is 24.0 Å². The molecule has 0 amide bonds. The number of nitrogens with one attached hydrogen (secondary N) is 1. The maximum absolute atomic E-state index is 6.11. The Morgan fingerprint density at radius 1 is 1.22 bits per heavy atom. The van der Waals surface area contributed by atoms with Gasteiger partial charge in [-0.1, -0.05) is 16.8 Å². The summed E-state index contributed by atoms with van der Waals surface area (Å²) in [5.41, 5.74) is 0.865. The van der Waals surface area contributed by atoms with Crippen LogP contribution >= 0.6 is 35.6 Å². The Labute approximate surface area is 211 Å². The van der Waals surface area contributed by atoms with Crippen LogP contribution in [-0.2, 0) is 16.0 Å². The van der Waals surface area contributed by atoms with Crippen LogP contribution in [0.25, 0.3) is 11.4 Å². The second-order valence-corrected chi connectivity index (χ2v) is 8.36. The average Bonchev–Trinajstić information content (AvgIpc) is 3.29. The van der Waals surface area contributed by atoms with Crippen LogP contribution in [0, 0.1) is 0 Å². The molecule has 1 aromatic heterocycles. The number of benzene rings is 1. The normalized spacial score (nSPS) is 20.1. The number of nitrogens with zero attached hydrogens (tertiary/aromatic N) is 4. The van der Waals surface area contributed by atoms with Gasteiger partial charge in [-0.25, -0.2) is 0 Å². The Hall–Kier alpha value is -1.43. The van der Waals surface area contributed by atoms with Crippen molar-refractivity contribution < 1.29 is 14.0 Å². The molecule has 2 aromatic rings. The van der Waals surface area contributed by atoms with E-state index in [2.05, 4.69) is 25.3 Å². The predicted molar refractivity (Wildman–Crippen MR) is 134 cm³/mol. The van der Waals surface area contributed by atoms with E-state index in [4.69, 9.17) is 25.6 Å². The van der Waals surface area contributed by atoms with Gasteiger partial charge >= 0.3 is 0 Å². The lowest BCUT2D eigenvalue weighted by Gasteiger charge is -2.34. The third kappa shape index (κ3) is 7.03. The van der Waals surface area contributed by atoms with Crippen molar-refractivity contribution in [2.24, 2.45) is 4.99 Å². The van der Waals surface area contributed by atoms with Crippen molar-refractivity contribution in [2.75, 3.05) is 33.4 Å². The minimum absolute atomic E-state index is 0. The highest BCUT2D eigenvalue weighted by atomic mass is 127. The van der Waals surface area contributed by atoms with E-state index >= 15 is 0 Å². The Balaban J connectivity index is 0.00000289. The van der Waals surface area contributed by atoms with Gasteiger partial charge in [-0.05, 0) is 56.4 Å². The Kier molecular flexibility index (Phi) is 10.0. The minimum Gasteiger partial charge on any atom is -0.376 e. The summed E-state index contributed by atoms with van der Waals surface area (Å²) in [6.07, 6.45) is 6.06. The molecule has 0 bridgehead atoms. The number of guanidine groups is 1. The van der Waals surface area contributed by atoms with Crippen molar-refractivity contribution >= 4 is 41.5 Å². The molecule has 3 heterocycles. The van der Waals surface area contributed by atoms with E-state index < -0.39 is 0 Å². The van der Waals surface area contributed by atoms with Gasteiger partial charge in [0.2, 0.25) is 11.7 Å². The molecule has 1 unspecified atom stereocenters. The Bertz CT molecular complexity index is 850. The molecule has 32 heavy (non-hydrogen) atoms. The lowest BCUT2D eigenvalue weighted by Crippen LogP contribution is -2.47. The van der Waals surface area contributed by atoms with Gasteiger partial charge in [0.05, 0.1) is 25.4 Å². The second kappa shape index (κ2) is 12.7. The van der Waals surface area contributed by atoms with Gasteiger partial charge in [0.1, 0.15) is 0 Å². The molecule has 0 radical (unpaired) electrons. The summed E-state index contributed by atoms with van der Waals surface area (Å²) in [5.74, 6) is 1.89. The molecule has 4 rings (SSSR count). The highest BCUT2D eigenvalue weighted by Crippen LogP contribution is 2.20. The third-order valence-electron chi connectivity index (χ3n) is 5.71. The molecule has 2 saturated heterocycles. The van der Waals surface area contributed by atoms with Crippen molar-refractivity contribution in [1.82, 2.24) is 20.4 Å². The molecule has 1 aromatic carbocycles. The topological polar surface area (TPSA) is 85.0 Å². The maximum Gasteiger partial charge on any atom is 0.246 e. The standard InChI is InChI=1S/C22H30ClN5O3.HI/c1-24-22(25-14-20-26-21(27-31-20)16-5-7-17(23)8-6-16)28-11-9-18(10-12-28)30-15-19-4-2-3-13-29-19;/h5-8,18-19H,2-4,9-15H2,1H3,(H,24,25);1H. The van der Waals surface area contributed by atoms with E-state index in [1.54, 1.807) is 7.05 Å². The van der Waals surface area contributed by atoms with Crippen LogP contribution in [0.5, 0.6) is 0 Å². The van der Waals surface area contributed by atoms with Crippen LogP contribution < -0.4 is 5.32 Å². The van der Waals surface area contributed by atoms with Gasteiger partial charge in [0.25, 0.3) is 0 Å². The summed E-state index contributed by atoms with van der Waals surface area (Å²) >= 11 is 5.94. The zero-order chi connectivity index (χ0) is 21.5. The van der Waals surface area contributed by atoms with Crippen molar-refractivity contribution in [3.05, 3.63) is 35.2 Å². The van der Waals surface area contributed by atoms with Gasteiger partial charge in [-0.3, -0.25) is 4.99 Å². The fraction of sp³-hybridized carbons (Fsp3) is 0.591. The zero-order valence-corrected chi connectivity index (χ0v) is 21.4. The van der Waals surface area contributed by atoms with Crippen LogP contribution in [0.15, 0.2) is 33.8 Å². The lowest BCUT2D eigenvalue weighted by atomic mass is 10.1. The number of rotatable bonds is 6. The molecule has 10 heteroatoms. The summed E-state index contributed by atoms with van der Waals surface area (Å²) in [6, 6.07) is 7.36. The number of halogens is 2. The number of hydrogen-bond donors (Lipinski definition) is 1. The first-order valence-corrected chi connectivity index (χ1v) is 11.4. The summed E-state index contributed by atoms with van der Waals surface area (Å²) in [7, 11) is 1.79. The zero-order valence-electron chi connectivity index (χ0n) is 18.3. The highest BCUT2D eigenvalue weighted by Gasteiger charge is 2.24. The van der Waals surface area contributed by atoms with Crippen LogP contribution in [0.2, 0.25) is 5.02 Å². The van der Waals surface area contributed by atoms with Crippen molar-refractivity contribution in [3.63, 3.8) is 0 Å². The molecular weight excluding hydrogens is 545 g/mol. The van der Waals surface area contributed by atoms with E-state index in [0.29, 0.717) is 29.9 Å². The molecule has 2 fully saturated rings. The Morgan fingerprint density at radius 3 is 2.69 bits per heavy atom. The summed E-state index contributed by atoms with van der Waals surface area (Å²) in [5, 5.41) is 8.05. The molecular formula is C22H31ClIN5O3. The van der Waals surface area contributed by atoms with Crippen LogP contribution in [0.1, 0.15) is 38.0 Å². The average molecular weight is 576 g/mol. The molecule has 176 valence electrons. The van der Waals surface area contributed by atoms with Crippen molar-refractivity contribution in [2.45, 2.75) is 50.9 Å². The largest absolute Gasteiger partial charge is 0.376 e. The molecule has 2 aliphatic heterocycles. The number of piperidine rings is 1. The molecule has 8 nitrogen and oxygen atoms in total. The van der Waals surface area contributed by atoms with Crippen LogP contribution in [0.3, 0.4) is 0 Å². The number of hydrogen-bond acceptors (Lipinski definition) is 6. The van der Waals surface area contributed by atoms with E-state index in [1.165, 1.54) is 12.8 Å². The molecule has 1 N–H and O–H groups in total. The molecule has 0 aliphatic carbocycles. The lowest BCUT2D eigenvalue weighted by molar-refractivity contribution is -0.0721. The van der Waals surface area contributed by atoms with Crippen molar-refractivity contribution in [1.29, 1.82) is 0 Å². The van der Waals surface area contributed by atoms with E-state index in [1.807, 2.05) is 24.3 Å². The first-order chi connectivity index (χ1) is 15.2. The quantitative estimate of drug-likeness (QED) is 0.315. The van der Waals surface area contributed by atoms with Crippen LogP contribution in [0.4, 0.5) is 0 Å². The third-order valence-corrected chi connectivity index (χ3v) is 5.97. The number of ether oxygens (including phenoxy) is 2. The first kappa shape index (κ1) is 25.2. The minimum atomic E-state index is 0. The van der Waals surface area contributed by atoms with E-state index in [9.17, 15) is 0 Å². The smallest absolute Gasteiger partial charge is 0.246 e. The molecule has 0 spiro atoms. The number of aromatic nitrogens is 2. The first-order valence-electron chi connectivity index (χ1n) is 11.0. The van der Waals surface area contributed by atoms with Gasteiger partial charge < -0.3 is 24.2 Å². The SMILES string of the molecule is CN=C(NCc1nc(-c2ccc(Cl)cc2)no1)N1CCC(OCC2CCCCO2)CC1.I. The van der Waals surface area contributed by atoms with Gasteiger partial charge in [0.15, 0.2) is 5.96 Å². The second-order valence-electron chi connectivity index (χ2n) is 7.93. The fourth-order valence-electron chi connectivity index (χ4n) is 3.95. The van der Waals surface area contributed by atoms with Gasteiger partial charge in [-0.2, -0.15) is 4.98 Å². The monoisotopic (exact) mass is 575 g/mol. The summed E-state index contributed by atoms with van der Waals surface area (Å²) in [4.78, 5) is 11.1. The molecule has 2 aliphatic rings. The van der Waals surface area contributed by atoms with E-state index in [0.717, 1.165) is 50.5 Å². The number of aliphatic imine (C=N–C) groups is 1. The highest BCUT2D eigenvalue weighted by molar-refractivity contribution is 14.0. The molecule has 1 atom stereocenters. The summed E-state index contributed by atoms with van der Waals surface area (Å²) in [6.45, 7) is 3.80. The fourth-order valence-corrected chi connectivity index (χ4v) is 4.07. The van der Waals surface area contributed by atoms with Gasteiger partial charge in [0, 0.05) is 37.3 Å². The van der Waals surface area contributed by atoms with Crippen LogP contribution in [-0.4, -0.2) is 66.6 Å².